The van der Waals surface area contributed by atoms with E-state index >= 15 is 0 Å². The topological polar surface area (TPSA) is 89.1 Å². The number of carbonyl (C=O) groups is 1. The lowest BCUT2D eigenvalue weighted by molar-refractivity contribution is -0.121. The molecule has 0 unspecified atom stereocenters. The molecule has 7 nitrogen and oxygen atoms in total. The van der Waals surface area contributed by atoms with Gasteiger partial charge in [0.25, 0.3) is 0 Å². The van der Waals surface area contributed by atoms with Crippen LogP contribution in [-0.4, -0.2) is 52.0 Å². The fraction of sp³-hybridized carbons (Fsp3) is 0.727. The standard InChI is InChI=1S/C11H22N6O/c1-3-16(4-2)7-5-6-13-11(18)9-17-8-10(12)14-15-17/h8H,3-7,9,12H2,1-2H3,(H,13,18). The zero-order valence-electron chi connectivity index (χ0n) is 11.1. The largest absolute Gasteiger partial charge is 0.381 e. The average Bonchev–Trinajstić information content (AvgIpc) is 2.75. The molecule has 1 heterocycles. The summed E-state index contributed by atoms with van der Waals surface area (Å²) in [5, 5.41) is 10.2. The second-order valence-corrected chi connectivity index (χ2v) is 4.07. The smallest absolute Gasteiger partial charge is 0.241 e. The monoisotopic (exact) mass is 254 g/mol. The van der Waals surface area contributed by atoms with E-state index in [-0.39, 0.29) is 12.5 Å². The maximum atomic E-state index is 11.6. The minimum absolute atomic E-state index is 0.0700. The zero-order chi connectivity index (χ0) is 13.4. The van der Waals surface area contributed by atoms with Crippen LogP contribution in [0.15, 0.2) is 6.20 Å². The molecule has 1 aromatic rings. The van der Waals surface area contributed by atoms with Crippen LogP contribution < -0.4 is 11.1 Å². The molecule has 1 rings (SSSR count). The summed E-state index contributed by atoms with van der Waals surface area (Å²) in [5.74, 6) is 0.254. The van der Waals surface area contributed by atoms with Crippen LogP contribution in [0, 0.1) is 0 Å². The number of carbonyl (C=O) groups excluding carboxylic acids is 1. The molecule has 1 aromatic heterocycles. The lowest BCUT2D eigenvalue weighted by atomic mass is 10.3. The molecule has 0 aliphatic carbocycles. The van der Waals surface area contributed by atoms with Gasteiger partial charge in [-0.2, -0.15) is 0 Å². The lowest BCUT2D eigenvalue weighted by Gasteiger charge is -2.17. The SMILES string of the molecule is CCN(CC)CCCNC(=O)Cn1cc(N)nn1. The number of nitrogens with two attached hydrogens (primary N) is 1. The minimum atomic E-state index is -0.0700. The van der Waals surface area contributed by atoms with E-state index in [0.717, 1.165) is 26.1 Å². The molecule has 3 N–H and O–H groups in total. The van der Waals surface area contributed by atoms with E-state index in [1.54, 1.807) is 0 Å². The van der Waals surface area contributed by atoms with Crippen LogP contribution in [-0.2, 0) is 11.3 Å². The van der Waals surface area contributed by atoms with Crippen molar-refractivity contribution in [2.24, 2.45) is 0 Å². The molecule has 0 atom stereocenters. The van der Waals surface area contributed by atoms with Crippen molar-refractivity contribution >= 4 is 11.7 Å². The highest BCUT2D eigenvalue weighted by atomic mass is 16.2. The van der Waals surface area contributed by atoms with E-state index in [2.05, 4.69) is 34.4 Å². The van der Waals surface area contributed by atoms with Gasteiger partial charge in [0.05, 0.1) is 6.20 Å². The summed E-state index contributed by atoms with van der Waals surface area (Å²) in [6, 6.07) is 0. The van der Waals surface area contributed by atoms with Gasteiger partial charge < -0.3 is 16.0 Å². The van der Waals surface area contributed by atoms with Gasteiger partial charge in [-0.25, -0.2) is 4.68 Å². The Morgan fingerprint density at radius 1 is 1.50 bits per heavy atom. The van der Waals surface area contributed by atoms with Crippen molar-refractivity contribution in [1.29, 1.82) is 0 Å². The van der Waals surface area contributed by atoms with E-state index < -0.39 is 0 Å². The maximum Gasteiger partial charge on any atom is 0.241 e. The second-order valence-electron chi connectivity index (χ2n) is 4.07. The Balaban J connectivity index is 2.14. The van der Waals surface area contributed by atoms with Crippen LogP contribution in [0.4, 0.5) is 5.82 Å². The molecule has 1 amide bonds. The summed E-state index contributed by atoms with van der Waals surface area (Å²) in [4.78, 5) is 13.9. The Kier molecular flexibility index (Phi) is 6.13. The summed E-state index contributed by atoms with van der Waals surface area (Å²) >= 11 is 0. The van der Waals surface area contributed by atoms with Gasteiger partial charge in [-0.3, -0.25) is 4.79 Å². The van der Waals surface area contributed by atoms with Crippen LogP contribution >= 0.6 is 0 Å². The van der Waals surface area contributed by atoms with Crippen LogP contribution in [0.1, 0.15) is 20.3 Å². The summed E-state index contributed by atoms with van der Waals surface area (Å²) in [6.07, 6.45) is 2.49. The highest BCUT2D eigenvalue weighted by Gasteiger charge is 2.04. The Labute approximate surface area is 107 Å². The number of hydrogen-bond donors (Lipinski definition) is 2. The van der Waals surface area contributed by atoms with Crippen LogP contribution in [0.25, 0.3) is 0 Å². The summed E-state index contributed by atoms with van der Waals surface area (Å²) < 4.78 is 1.43. The molecule has 0 bridgehead atoms. The molecular weight excluding hydrogens is 232 g/mol. The first-order chi connectivity index (χ1) is 8.65. The highest BCUT2D eigenvalue weighted by molar-refractivity contribution is 5.75. The Morgan fingerprint density at radius 2 is 2.22 bits per heavy atom. The molecular formula is C11H22N6O. The fourth-order valence-corrected chi connectivity index (χ4v) is 1.66. The van der Waals surface area contributed by atoms with Crippen LogP contribution in [0.2, 0.25) is 0 Å². The summed E-state index contributed by atoms with van der Waals surface area (Å²) in [7, 11) is 0. The van der Waals surface area contributed by atoms with Crippen molar-refractivity contribution in [2.75, 3.05) is 31.9 Å². The van der Waals surface area contributed by atoms with Gasteiger partial charge in [-0.15, -0.1) is 5.10 Å². The van der Waals surface area contributed by atoms with Gasteiger partial charge in [-0.1, -0.05) is 19.1 Å². The molecule has 18 heavy (non-hydrogen) atoms. The van der Waals surface area contributed by atoms with Gasteiger partial charge in [0.15, 0.2) is 5.82 Å². The van der Waals surface area contributed by atoms with Crippen molar-refractivity contribution in [3.05, 3.63) is 6.20 Å². The van der Waals surface area contributed by atoms with E-state index in [1.807, 2.05) is 0 Å². The van der Waals surface area contributed by atoms with Gasteiger partial charge in [-0.05, 0) is 26.1 Å². The molecule has 0 saturated carbocycles. The first kappa shape index (κ1) is 14.4. The van der Waals surface area contributed by atoms with Gasteiger partial charge >= 0.3 is 0 Å². The molecule has 0 radical (unpaired) electrons. The van der Waals surface area contributed by atoms with E-state index in [9.17, 15) is 4.79 Å². The predicted molar refractivity (Wildman–Crippen MR) is 69.8 cm³/mol. The Bertz CT molecular complexity index is 360. The summed E-state index contributed by atoms with van der Waals surface area (Å²) in [5.41, 5.74) is 5.41. The molecule has 7 heteroatoms. The predicted octanol–water partition coefficient (Wildman–Crippen LogP) is -0.292. The minimum Gasteiger partial charge on any atom is -0.381 e. The quantitative estimate of drug-likeness (QED) is 0.622. The highest BCUT2D eigenvalue weighted by Crippen LogP contribution is 1.92. The van der Waals surface area contributed by atoms with E-state index in [4.69, 9.17) is 5.73 Å². The molecule has 0 aliphatic rings. The number of rotatable bonds is 8. The molecule has 0 aromatic carbocycles. The molecule has 0 spiro atoms. The Hall–Kier alpha value is -1.63. The fourth-order valence-electron chi connectivity index (χ4n) is 1.66. The van der Waals surface area contributed by atoms with Gasteiger partial charge in [0, 0.05) is 6.54 Å². The van der Waals surface area contributed by atoms with Crippen molar-refractivity contribution < 1.29 is 4.79 Å². The zero-order valence-corrected chi connectivity index (χ0v) is 11.1. The number of hydrogen-bond acceptors (Lipinski definition) is 5. The maximum absolute atomic E-state index is 11.6. The number of anilines is 1. The second kappa shape index (κ2) is 7.65. The number of nitrogen functional groups attached to an aromatic ring is 1. The van der Waals surface area contributed by atoms with Crippen LogP contribution in [0.5, 0.6) is 0 Å². The number of aromatic nitrogens is 3. The number of nitrogens with one attached hydrogen (secondary N) is 1. The first-order valence-corrected chi connectivity index (χ1v) is 6.30. The third-order valence-corrected chi connectivity index (χ3v) is 2.73. The van der Waals surface area contributed by atoms with Gasteiger partial charge in [0.1, 0.15) is 6.54 Å². The van der Waals surface area contributed by atoms with Crippen molar-refractivity contribution in [1.82, 2.24) is 25.2 Å². The van der Waals surface area contributed by atoms with Crippen molar-refractivity contribution in [3.8, 4) is 0 Å². The van der Waals surface area contributed by atoms with Gasteiger partial charge in [0.2, 0.25) is 5.91 Å². The molecule has 0 saturated heterocycles. The Morgan fingerprint density at radius 3 is 2.78 bits per heavy atom. The normalized spacial score (nSPS) is 10.8. The third kappa shape index (κ3) is 5.13. The third-order valence-electron chi connectivity index (χ3n) is 2.73. The molecule has 102 valence electrons. The first-order valence-electron chi connectivity index (χ1n) is 6.30. The molecule has 0 aliphatic heterocycles. The lowest BCUT2D eigenvalue weighted by Crippen LogP contribution is -2.31. The number of amides is 1. The summed E-state index contributed by atoms with van der Waals surface area (Å²) in [6.45, 7) is 8.21. The molecule has 0 fully saturated rings. The van der Waals surface area contributed by atoms with Crippen LogP contribution in [0.3, 0.4) is 0 Å². The van der Waals surface area contributed by atoms with Crippen molar-refractivity contribution in [2.45, 2.75) is 26.8 Å². The van der Waals surface area contributed by atoms with E-state index in [0.29, 0.717) is 12.4 Å². The van der Waals surface area contributed by atoms with Crippen molar-refractivity contribution in [3.63, 3.8) is 0 Å². The average molecular weight is 254 g/mol. The van der Waals surface area contributed by atoms with E-state index in [1.165, 1.54) is 10.9 Å². The number of nitrogens with zero attached hydrogens (tertiary/aromatic N) is 4.